The number of pyridine rings is 1. The first-order valence-electron chi connectivity index (χ1n) is 8.70. The Labute approximate surface area is 142 Å². The standard InChI is InChI=1S/C18H25N3O3/c1-13-5-6-17(19-12-13)24-15-7-10-20(11-8-15)18(23)16-4-3-9-21(16)14(2)22/h5-6,12,15-16H,3-4,7-11H2,1-2H3. The summed E-state index contributed by atoms with van der Waals surface area (Å²) in [4.78, 5) is 32.2. The molecule has 0 aromatic carbocycles. The zero-order chi connectivity index (χ0) is 17.1. The molecule has 2 saturated heterocycles. The van der Waals surface area contributed by atoms with Crippen LogP contribution in [-0.2, 0) is 9.59 Å². The molecule has 0 N–H and O–H groups in total. The summed E-state index contributed by atoms with van der Waals surface area (Å²) >= 11 is 0. The highest BCUT2D eigenvalue weighted by Crippen LogP contribution is 2.23. The van der Waals surface area contributed by atoms with E-state index in [9.17, 15) is 9.59 Å². The fourth-order valence-corrected chi connectivity index (χ4v) is 3.50. The minimum absolute atomic E-state index is 0.00508. The highest BCUT2D eigenvalue weighted by molar-refractivity contribution is 5.87. The second kappa shape index (κ2) is 7.20. The molecule has 0 saturated carbocycles. The summed E-state index contributed by atoms with van der Waals surface area (Å²) in [5.74, 6) is 0.730. The monoisotopic (exact) mass is 331 g/mol. The van der Waals surface area contributed by atoms with Gasteiger partial charge in [0, 0.05) is 51.7 Å². The number of nitrogens with zero attached hydrogens (tertiary/aromatic N) is 3. The van der Waals surface area contributed by atoms with Gasteiger partial charge in [0.2, 0.25) is 17.7 Å². The van der Waals surface area contributed by atoms with Gasteiger partial charge >= 0.3 is 0 Å². The van der Waals surface area contributed by atoms with E-state index in [1.54, 1.807) is 18.0 Å². The Morgan fingerprint density at radius 2 is 1.92 bits per heavy atom. The van der Waals surface area contributed by atoms with Gasteiger partial charge in [-0.05, 0) is 25.3 Å². The van der Waals surface area contributed by atoms with Gasteiger partial charge in [0.05, 0.1) is 0 Å². The third-order valence-electron chi connectivity index (χ3n) is 4.87. The van der Waals surface area contributed by atoms with Crippen molar-refractivity contribution >= 4 is 11.8 Å². The zero-order valence-corrected chi connectivity index (χ0v) is 14.4. The van der Waals surface area contributed by atoms with Gasteiger partial charge in [-0.1, -0.05) is 6.07 Å². The molecule has 0 radical (unpaired) electrons. The number of likely N-dealkylation sites (tertiary alicyclic amines) is 2. The molecule has 24 heavy (non-hydrogen) atoms. The van der Waals surface area contributed by atoms with Crippen molar-refractivity contribution in [1.82, 2.24) is 14.8 Å². The molecule has 2 amide bonds. The van der Waals surface area contributed by atoms with Gasteiger partial charge in [-0.2, -0.15) is 0 Å². The molecule has 1 aromatic heterocycles. The molecule has 0 aliphatic carbocycles. The Kier molecular flexibility index (Phi) is 5.02. The SMILES string of the molecule is CC(=O)N1CCCC1C(=O)N1CCC(Oc2ccc(C)cn2)CC1. The lowest BCUT2D eigenvalue weighted by Gasteiger charge is -2.35. The molecule has 130 valence electrons. The summed E-state index contributed by atoms with van der Waals surface area (Å²) < 4.78 is 5.91. The molecular formula is C18H25N3O3. The van der Waals surface area contributed by atoms with Gasteiger partial charge in [-0.25, -0.2) is 4.98 Å². The Hall–Kier alpha value is -2.11. The number of piperidine rings is 1. The van der Waals surface area contributed by atoms with Crippen LogP contribution in [0.5, 0.6) is 5.88 Å². The summed E-state index contributed by atoms with van der Waals surface area (Å²) in [5, 5.41) is 0. The topological polar surface area (TPSA) is 62.7 Å². The van der Waals surface area contributed by atoms with Crippen molar-refractivity contribution in [2.45, 2.75) is 51.7 Å². The van der Waals surface area contributed by atoms with Gasteiger partial charge in [0.25, 0.3) is 0 Å². The average Bonchev–Trinajstić information content (AvgIpc) is 3.07. The summed E-state index contributed by atoms with van der Waals surface area (Å²) in [6.07, 6.45) is 5.18. The second-order valence-electron chi connectivity index (χ2n) is 6.69. The number of carbonyl (C=O) groups is 2. The van der Waals surface area contributed by atoms with Crippen LogP contribution in [0.1, 0.15) is 38.2 Å². The van der Waals surface area contributed by atoms with Crippen molar-refractivity contribution in [2.24, 2.45) is 0 Å². The van der Waals surface area contributed by atoms with Crippen molar-refractivity contribution in [3.05, 3.63) is 23.9 Å². The Balaban J connectivity index is 1.52. The number of hydrogen-bond acceptors (Lipinski definition) is 4. The first kappa shape index (κ1) is 16.7. The summed E-state index contributed by atoms with van der Waals surface area (Å²) in [6, 6.07) is 3.60. The van der Waals surface area contributed by atoms with Gasteiger partial charge in [-0.3, -0.25) is 9.59 Å². The molecule has 2 aliphatic rings. The molecule has 1 unspecified atom stereocenters. The normalized spacial score (nSPS) is 21.8. The molecule has 6 nitrogen and oxygen atoms in total. The molecule has 3 rings (SSSR count). The minimum atomic E-state index is -0.265. The Morgan fingerprint density at radius 1 is 1.17 bits per heavy atom. The molecule has 2 aliphatic heterocycles. The van der Waals surface area contributed by atoms with Crippen molar-refractivity contribution in [1.29, 1.82) is 0 Å². The first-order valence-corrected chi connectivity index (χ1v) is 8.70. The van der Waals surface area contributed by atoms with Crippen LogP contribution in [0, 0.1) is 6.92 Å². The lowest BCUT2D eigenvalue weighted by atomic mass is 10.1. The number of hydrogen-bond donors (Lipinski definition) is 0. The van der Waals surface area contributed by atoms with Crippen molar-refractivity contribution in [3.8, 4) is 5.88 Å². The van der Waals surface area contributed by atoms with Crippen LogP contribution in [0.3, 0.4) is 0 Å². The minimum Gasteiger partial charge on any atom is -0.474 e. The Morgan fingerprint density at radius 3 is 2.54 bits per heavy atom. The number of rotatable bonds is 3. The highest BCUT2D eigenvalue weighted by Gasteiger charge is 2.36. The van der Waals surface area contributed by atoms with Crippen molar-refractivity contribution in [3.63, 3.8) is 0 Å². The molecule has 2 fully saturated rings. The molecule has 0 spiro atoms. The van der Waals surface area contributed by atoms with E-state index in [2.05, 4.69) is 4.98 Å². The largest absolute Gasteiger partial charge is 0.474 e. The van der Waals surface area contributed by atoms with E-state index in [0.717, 1.165) is 31.2 Å². The van der Waals surface area contributed by atoms with Crippen LogP contribution in [-0.4, -0.2) is 58.4 Å². The third-order valence-corrected chi connectivity index (χ3v) is 4.87. The van der Waals surface area contributed by atoms with E-state index in [1.165, 1.54) is 0 Å². The molecule has 3 heterocycles. The van der Waals surface area contributed by atoms with E-state index < -0.39 is 0 Å². The Bertz CT molecular complexity index is 594. The molecule has 1 atom stereocenters. The van der Waals surface area contributed by atoms with Gasteiger partial charge in [0.1, 0.15) is 12.1 Å². The molecule has 0 bridgehead atoms. The predicted molar refractivity (Wildman–Crippen MR) is 89.6 cm³/mol. The number of aryl methyl sites for hydroxylation is 1. The van der Waals surface area contributed by atoms with Gasteiger partial charge in [-0.15, -0.1) is 0 Å². The van der Waals surface area contributed by atoms with Crippen LogP contribution in [0.15, 0.2) is 18.3 Å². The van der Waals surface area contributed by atoms with Crippen LogP contribution in [0.25, 0.3) is 0 Å². The van der Waals surface area contributed by atoms with Gasteiger partial charge < -0.3 is 14.5 Å². The van der Waals surface area contributed by atoms with Crippen LogP contribution in [0.4, 0.5) is 0 Å². The van der Waals surface area contributed by atoms with E-state index in [0.29, 0.717) is 25.5 Å². The maximum absolute atomic E-state index is 12.7. The average molecular weight is 331 g/mol. The van der Waals surface area contributed by atoms with E-state index in [4.69, 9.17) is 4.74 Å². The van der Waals surface area contributed by atoms with E-state index in [-0.39, 0.29) is 24.0 Å². The van der Waals surface area contributed by atoms with Gasteiger partial charge in [0.15, 0.2) is 0 Å². The lowest BCUT2D eigenvalue weighted by Crippen LogP contribution is -2.50. The maximum Gasteiger partial charge on any atom is 0.245 e. The predicted octanol–water partition coefficient (Wildman–Crippen LogP) is 1.77. The highest BCUT2D eigenvalue weighted by atomic mass is 16.5. The number of ether oxygens (including phenoxy) is 1. The lowest BCUT2D eigenvalue weighted by molar-refractivity contribution is -0.144. The summed E-state index contributed by atoms with van der Waals surface area (Å²) in [5.41, 5.74) is 1.11. The third kappa shape index (κ3) is 3.68. The first-order chi connectivity index (χ1) is 11.5. The quantitative estimate of drug-likeness (QED) is 0.847. The second-order valence-corrected chi connectivity index (χ2v) is 6.69. The fraction of sp³-hybridized carbons (Fsp3) is 0.611. The van der Waals surface area contributed by atoms with E-state index in [1.807, 2.05) is 24.0 Å². The van der Waals surface area contributed by atoms with Crippen LogP contribution < -0.4 is 4.74 Å². The molecular weight excluding hydrogens is 306 g/mol. The van der Waals surface area contributed by atoms with Crippen molar-refractivity contribution in [2.75, 3.05) is 19.6 Å². The number of carbonyl (C=O) groups excluding carboxylic acids is 2. The van der Waals surface area contributed by atoms with Crippen molar-refractivity contribution < 1.29 is 14.3 Å². The summed E-state index contributed by atoms with van der Waals surface area (Å²) in [7, 11) is 0. The zero-order valence-electron chi connectivity index (χ0n) is 14.4. The smallest absolute Gasteiger partial charge is 0.245 e. The van der Waals surface area contributed by atoms with Crippen LogP contribution in [0.2, 0.25) is 0 Å². The fourth-order valence-electron chi connectivity index (χ4n) is 3.50. The molecule has 1 aromatic rings. The van der Waals surface area contributed by atoms with E-state index >= 15 is 0 Å². The number of amides is 2. The number of aromatic nitrogens is 1. The molecule has 6 heteroatoms. The maximum atomic E-state index is 12.7. The summed E-state index contributed by atoms with van der Waals surface area (Å²) in [6.45, 7) is 5.59. The van der Waals surface area contributed by atoms with Crippen LogP contribution >= 0.6 is 0 Å².